The van der Waals surface area contributed by atoms with Crippen molar-refractivity contribution < 1.29 is 4.79 Å². The van der Waals surface area contributed by atoms with E-state index in [0.717, 1.165) is 19.3 Å². The van der Waals surface area contributed by atoms with Crippen LogP contribution >= 0.6 is 11.3 Å². The Morgan fingerprint density at radius 3 is 2.78 bits per heavy atom. The minimum atomic E-state index is 0.150. The van der Waals surface area contributed by atoms with Gasteiger partial charge in [-0.3, -0.25) is 4.79 Å². The van der Waals surface area contributed by atoms with E-state index < -0.39 is 0 Å². The van der Waals surface area contributed by atoms with Crippen molar-refractivity contribution in [3.05, 3.63) is 21.9 Å². The van der Waals surface area contributed by atoms with Gasteiger partial charge in [-0.1, -0.05) is 13.3 Å². The highest BCUT2D eigenvalue weighted by Crippen LogP contribution is 2.16. The van der Waals surface area contributed by atoms with Crippen LogP contribution in [0.15, 0.2) is 12.1 Å². The minimum absolute atomic E-state index is 0.150. The third-order valence-corrected chi connectivity index (χ3v) is 4.19. The quantitative estimate of drug-likeness (QED) is 0.761. The van der Waals surface area contributed by atoms with Crippen LogP contribution in [0.1, 0.15) is 42.4 Å². The summed E-state index contributed by atoms with van der Waals surface area (Å²) in [4.78, 5) is 14.2. The molecule has 4 heteroatoms. The standard InChI is InChI=1S/C14H24N2OS/c1-3-12(8-9-15)5-7-14(17)16-10-13-6-4-11(2)18-13/h4,6,12H,3,5,7-10,15H2,1-2H3,(H,16,17). The van der Waals surface area contributed by atoms with Gasteiger partial charge in [0.15, 0.2) is 0 Å². The Hall–Kier alpha value is -0.870. The van der Waals surface area contributed by atoms with Crippen molar-refractivity contribution in [3.8, 4) is 0 Å². The summed E-state index contributed by atoms with van der Waals surface area (Å²) in [6, 6.07) is 4.16. The molecule has 1 rings (SSSR count). The molecule has 3 N–H and O–H groups in total. The van der Waals surface area contributed by atoms with Crippen molar-refractivity contribution in [2.24, 2.45) is 11.7 Å². The van der Waals surface area contributed by atoms with E-state index in [1.54, 1.807) is 11.3 Å². The SMILES string of the molecule is CCC(CCN)CCC(=O)NCc1ccc(C)s1. The van der Waals surface area contributed by atoms with E-state index in [4.69, 9.17) is 5.73 Å². The molecule has 1 heterocycles. The van der Waals surface area contributed by atoms with Crippen molar-refractivity contribution in [1.29, 1.82) is 0 Å². The molecule has 1 unspecified atom stereocenters. The second-order valence-electron chi connectivity index (χ2n) is 4.68. The lowest BCUT2D eigenvalue weighted by Crippen LogP contribution is -2.23. The zero-order valence-electron chi connectivity index (χ0n) is 11.4. The van der Waals surface area contributed by atoms with E-state index in [9.17, 15) is 4.79 Å². The Kier molecular flexibility index (Phi) is 6.98. The molecule has 18 heavy (non-hydrogen) atoms. The Morgan fingerprint density at radius 2 is 2.22 bits per heavy atom. The molecule has 0 aliphatic heterocycles. The predicted molar refractivity (Wildman–Crippen MR) is 77.6 cm³/mol. The zero-order valence-corrected chi connectivity index (χ0v) is 12.2. The molecule has 0 saturated carbocycles. The van der Waals surface area contributed by atoms with Crippen LogP contribution in [0.3, 0.4) is 0 Å². The molecule has 0 aromatic carbocycles. The van der Waals surface area contributed by atoms with Crippen molar-refractivity contribution in [2.45, 2.75) is 46.1 Å². The van der Waals surface area contributed by atoms with Crippen LogP contribution < -0.4 is 11.1 Å². The molecule has 0 aliphatic carbocycles. The van der Waals surface area contributed by atoms with Gasteiger partial charge in [-0.15, -0.1) is 11.3 Å². The summed E-state index contributed by atoms with van der Waals surface area (Å²) in [5.74, 6) is 0.737. The van der Waals surface area contributed by atoms with Crippen molar-refractivity contribution in [2.75, 3.05) is 6.54 Å². The average molecular weight is 268 g/mol. The van der Waals surface area contributed by atoms with Crippen molar-refractivity contribution >= 4 is 17.2 Å². The van der Waals surface area contributed by atoms with Crippen molar-refractivity contribution in [3.63, 3.8) is 0 Å². The van der Waals surface area contributed by atoms with Crippen LogP contribution in [0.25, 0.3) is 0 Å². The Labute approximate surface area is 114 Å². The van der Waals surface area contributed by atoms with E-state index in [-0.39, 0.29) is 5.91 Å². The molecule has 0 fully saturated rings. The molecule has 3 nitrogen and oxygen atoms in total. The molecule has 0 aliphatic rings. The maximum atomic E-state index is 11.7. The molecule has 1 atom stereocenters. The molecule has 0 saturated heterocycles. The first kappa shape index (κ1) is 15.2. The van der Waals surface area contributed by atoms with Crippen LogP contribution in [0, 0.1) is 12.8 Å². The van der Waals surface area contributed by atoms with Gasteiger partial charge in [0.1, 0.15) is 0 Å². The Morgan fingerprint density at radius 1 is 1.44 bits per heavy atom. The zero-order chi connectivity index (χ0) is 13.4. The molecule has 0 spiro atoms. The maximum absolute atomic E-state index is 11.7. The molecular weight excluding hydrogens is 244 g/mol. The van der Waals surface area contributed by atoms with Crippen LogP contribution in [0.4, 0.5) is 0 Å². The molecule has 0 bridgehead atoms. The van der Waals surface area contributed by atoms with Gasteiger partial charge >= 0.3 is 0 Å². The number of nitrogens with one attached hydrogen (secondary N) is 1. The summed E-state index contributed by atoms with van der Waals surface area (Å²) >= 11 is 1.74. The highest BCUT2D eigenvalue weighted by Gasteiger charge is 2.09. The van der Waals surface area contributed by atoms with Gasteiger partial charge in [-0.25, -0.2) is 0 Å². The third-order valence-electron chi connectivity index (χ3n) is 3.19. The molecular formula is C14H24N2OS. The molecule has 102 valence electrons. The van der Waals surface area contributed by atoms with Gasteiger partial charge in [-0.2, -0.15) is 0 Å². The summed E-state index contributed by atoms with van der Waals surface area (Å²) in [6.45, 7) is 5.61. The fourth-order valence-corrected chi connectivity index (χ4v) is 2.81. The molecule has 1 amide bonds. The number of amides is 1. The molecule has 1 aromatic heterocycles. The number of carbonyl (C=O) groups excluding carboxylic acids is 1. The lowest BCUT2D eigenvalue weighted by Gasteiger charge is -2.12. The number of nitrogens with two attached hydrogens (primary N) is 1. The summed E-state index contributed by atoms with van der Waals surface area (Å²) in [7, 11) is 0. The first-order chi connectivity index (χ1) is 8.65. The fraction of sp³-hybridized carbons (Fsp3) is 0.643. The van der Waals surface area contributed by atoms with E-state index in [1.807, 2.05) is 0 Å². The number of carbonyl (C=O) groups is 1. The van der Waals surface area contributed by atoms with Gasteiger partial charge < -0.3 is 11.1 Å². The minimum Gasteiger partial charge on any atom is -0.351 e. The summed E-state index contributed by atoms with van der Waals surface area (Å²) in [5, 5.41) is 2.97. The van der Waals surface area contributed by atoms with Crippen LogP contribution in [0.5, 0.6) is 0 Å². The Bertz CT molecular complexity index is 362. The third kappa shape index (κ3) is 5.65. The second kappa shape index (κ2) is 8.27. The topological polar surface area (TPSA) is 55.1 Å². The van der Waals surface area contributed by atoms with E-state index in [0.29, 0.717) is 25.4 Å². The van der Waals surface area contributed by atoms with Gasteiger partial charge in [0, 0.05) is 16.2 Å². The van der Waals surface area contributed by atoms with Gasteiger partial charge in [0.05, 0.1) is 6.54 Å². The lowest BCUT2D eigenvalue weighted by atomic mass is 9.96. The molecule has 1 aromatic rings. The van der Waals surface area contributed by atoms with E-state index >= 15 is 0 Å². The normalized spacial score (nSPS) is 12.4. The average Bonchev–Trinajstić information content (AvgIpc) is 2.77. The van der Waals surface area contributed by atoms with Crippen LogP contribution in [-0.4, -0.2) is 12.5 Å². The predicted octanol–water partition coefficient (Wildman–Crippen LogP) is 2.83. The smallest absolute Gasteiger partial charge is 0.220 e. The molecule has 0 radical (unpaired) electrons. The van der Waals surface area contributed by atoms with E-state index in [2.05, 4.69) is 31.3 Å². The maximum Gasteiger partial charge on any atom is 0.220 e. The van der Waals surface area contributed by atoms with Crippen molar-refractivity contribution in [1.82, 2.24) is 5.32 Å². The van der Waals surface area contributed by atoms with Gasteiger partial charge in [0.2, 0.25) is 5.91 Å². The van der Waals surface area contributed by atoms with E-state index in [1.165, 1.54) is 9.75 Å². The lowest BCUT2D eigenvalue weighted by molar-refractivity contribution is -0.121. The fourth-order valence-electron chi connectivity index (χ4n) is 1.98. The summed E-state index contributed by atoms with van der Waals surface area (Å²) in [6.07, 6.45) is 3.69. The monoisotopic (exact) mass is 268 g/mol. The number of aryl methyl sites for hydroxylation is 1. The number of rotatable bonds is 8. The van der Waals surface area contributed by atoms with Gasteiger partial charge in [-0.05, 0) is 44.4 Å². The number of hydrogen-bond acceptors (Lipinski definition) is 3. The highest BCUT2D eigenvalue weighted by molar-refractivity contribution is 7.11. The highest BCUT2D eigenvalue weighted by atomic mass is 32.1. The first-order valence-electron chi connectivity index (χ1n) is 6.67. The van der Waals surface area contributed by atoms with Crippen LogP contribution in [-0.2, 0) is 11.3 Å². The number of thiophene rings is 1. The largest absolute Gasteiger partial charge is 0.351 e. The summed E-state index contributed by atoms with van der Waals surface area (Å²) < 4.78 is 0. The second-order valence-corrected chi connectivity index (χ2v) is 6.05. The van der Waals surface area contributed by atoms with Crippen LogP contribution in [0.2, 0.25) is 0 Å². The summed E-state index contributed by atoms with van der Waals surface area (Å²) in [5.41, 5.74) is 5.55. The first-order valence-corrected chi connectivity index (χ1v) is 7.49. The number of hydrogen-bond donors (Lipinski definition) is 2. The van der Waals surface area contributed by atoms with Gasteiger partial charge in [0.25, 0.3) is 0 Å². The Balaban J connectivity index is 2.21.